The number of fused-ring (bicyclic) bond motifs is 1. The normalized spacial score (nSPS) is 22.2. The van der Waals surface area contributed by atoms with Gasteiger partial charge in [-0.3, -0.25) is 0 Å². The molecule has 2 aromatic heterocycles. The fraction of sp³-hybridized carbons (Fsp3) is 0.571. The molecule has 8 nitrogen and oxygen atoms in total. The predicted octanol–water partition coefficient (Wildman–Crippen LogP) is 1.33. The molecule has 0 radical (unpaired) electrons. The Morgan fingerprint density at radius 2 is 1.93 bits per heavy atom. The molecular weight excluding hydrogens is 432 g/mol. The molecule has 1 aliphatic rings. The van der Waals surface area contributed by atoms with Gasteiger partial charge in [-0.15, -0.1) is 5.10 Å². The summed E-state index contributed by atoms with van der Waals surface area (Å²) in [5.74, 6) is -7.17. The van der Waals surface area contributed by atoms with Gasteiger partial charge in [-0.2, -0.15) is 26.3 Å². The van der Waals surface area contributed by atoms with Crippen LogP contribution in [-0.2, 0) is 15.9 Å². The molecule has 1 fully saturated rings. The number of aliphatic hydroxyl groups is 1. The standard InChI is InChI=1S/C14H15F6N5O3S/c1-29(27,28)24-3-2-8(10(26)6-24)22-12-21-5-9-7(15)4-11(25(9)23-12)13(16,17)14(18,19)20/h4-5,8,10,26H,2-3,6H2,1H3,(H,22,23)/t8-,10-/m1/s1. The van der Waals surface area contributed by atoms with Gasteiger partial charge in [0.25, 0.3) is 0 Å². The lowest BCUT2D eigenvalue weighted by Crippen LogP contribution is -2.51. The van der Waals surface area contributed by atoms with Crippen LogP contribution < -0.4 is 5.32 Å². The van der Waals surface area contributed by atoms with Gasteiger partial charge in [0, 0.05) is 19.2 Å². The third-order valence-corrected chi connectivity index (χ3v) is 5.74. The van der Waals surface area contributed by atoms with E-state index >= 15 is 0 Å². The van der Waals surface area contributed by atoms with E-state index in [4.69, 9.17) is 0 Å². The van der Waals surface area contributed by atoms with Crippen molar-refractivity contribution < 1.29 is 39.9 Å². The number of nitrogens with one attached hydrogen (secondary N) is 1. The number of hydrogen-bond donors (Lipinski definition) is 2. The number of aromatic nitrogens is 3. The van der Waals surface area contributed by atoms with Crippen LogP contribution in [0.2, 0.25) is 0 Å². The molecule has 3 heterocycles. The molecule has 0 aromatic carbocycles. The third-order valence-electron chi connectivity index (χ3n) is 4.47. The maximum Gasteiger partial charge on any atom is 0.459 e. The maximum absolute atomic E-state index is 13.8. The second-order valence-corrected chi connectivity index (χ2v) is 8.54. The lowest BCUT2D eigenvalue weighted by atomic mass is 10.0. The fourth-order valence-corrected chi connectivity index (χ4v) is 3.79. The molecule has 2 N–H and O–H groups in total. The van der Waals surface area contributed by atoms with Gasteiger partial charge in [0.1, 0.15) is 11.2 Å². The molecule has 0 aliphatic carbocycles. The van der Waals surface area contributed by atoms with Crippen molar-refractivity contribution in [3.8, 4) is 0 Å². The topological polar surface area (TPSA) is 99.8 Å². The molecule has 1 saturated heterocycles. The van der Waals surface area contributed by atoms with E-state index in [1.165, 1.54) is 0 Å². The Morgan fingerprint density at radius 3 is 2.48 bits per heavy atom. The van der Waals surface area contributed by atoms with Gasteiger partial charge in [-0.25, -0.2) is 22.3 Å². The summed E-state index contributed by atoms with van der Waals surface area (Å²) in [6.45, 7) is -0.223. The van der Waals surface area contributed by atoms with Gasteiger partial charge in [0.15, 0.2) is 5.82 Å². The molecule has 162 valence electrons. The first-order valence-corrected chi connectivity index (χ1v) is 9.95. The Bertz CT molecular complexity index is 1020. The van der Waals surface area contributed by atoms with E-state index in [-0.39, 0.29) is 30.1 Å². The number of nitrogens with zero attached hydrogens (tertiary/aromatic N) is 4. The number of halogens is 6. The van der Waals surface area contributed by atoms with Crippen molar-refractivity contribution in [2.24, 2.45) is 0 Å². The lowest BCUT2D eigenvalue weighted by molar-refractivity contribution is -0.291. The van der Waals surface area contributed by atoms with E-state index in [1.807, 2.05) is 0 Å². The number of hydrogen-bond acceptors (Lipinski definition) is 6. The first-order chi connectivity index (χ1) is 13.2. The number of rotatable bonds is 4. The summed E-state index contributed by atoms with van der Waals surface area (Å²) in [7, 11) is -3.54. The quantitative estimate of drug-likeness (QED) is 0.687. The molecule has 2 aromatic rings. The maximum atomic E-state index is 13.8. The summed E-state index contributed by atoms with van der Waals surface area (Å²) >= 11 is 0. The van der Waals surface area contributed by atoms with Crippen LogP contribution in [0.3, 0.4) is 0 Å². The van der Waals surface area contributed by atoms with Gasteiger partial charge in [0.2, 0.25) is 16.0 Å². The van der Waals surface area contributed by atoms with Crippen LogP contribution in [-0.4, -0.2) is 70.1 Å². The number of piperidine rings is 1. The zero-order valence-electron chi connectivity index (χ0n) is 14.7. The van der Waals surface area contributed by atoms with Crippen molar-refractivity contribution in [2.75, 3.05) is 24.7 Å². The molecule has 0 unspecified atom stereocenters. The molecular formula is C14H15F6N5O3S. The minimum atomic E-state index is -5.97. The van der Waals surface area contributed by atoms with Gasteiger partial charge in [0.05, 0.1) is 24.6 Å². The highest BCUT2D eigenvalue weighted by atomic mass is 32.2. The monoisotopic (exact) mass is 447 g/mol. The lowest BCUT2D eigenvalue weighted by Gasteiger charge is -2.34. The zero-order chi connectivity index (χ0) is 21.8. The van der Waals surface area contributed by atoms with Gasteiger partial charge in [-0.1, -0.05) is 0 Å². The predicted molar refractivity (Wildman–Crippen MR) is 87.3 cm³/mol. The third kappa shape index (κ3) is 3.98. The van der Waals surface area contributed by atoms with Gasteiger partial charge < -0.3 is 10.4 Å². The smallest absolute Gasteiger partial charge is 0.390 e. The minimum Gasteiger partial charge on any atom is -0.390 e. The Hall–Kier alpha value is -2.13. The van der Waals surface area contributed by atoms with E-state index in [9.17, 15) is 39.9 Å². The van der Waals surface area contributed by atoms with E-state index in [1.54, 1.807) is 0 Å². The number of alkyl halides is 5. The van der Waals surface area contributed by atoms with Crippen molar-refractivity contribution in [1.29, 1.82) is 0 Å². The molecule has 15 heteroatoms. The van der Waals surface area contributed by atoms with Crippen molar-refractivity contribution in [2.45, 2.75) is 30.7 Å². The molecule has 3 rings (SSSR count). The minimum absolute atomic E-state index is 0.0285. The first-order valence-electron chi connectivity index (χ1n) is 8.11. The van der Waals surface area contributed by atoms with Crippen LogP contribution in [0.25, 0.3) is 5.52 Å². The van der Waals surface area contributed by atoms with Crippen LogP contribution in [0.1, 0.15) is 12.1 Å². The summed E-state index contributed by atoms with van der Waals surface area (Å²) in [6, 6.07) is -0.779. The zero-order valence-corrected chi connectivity index (χ0v) is 15.5. The highest BCUT2D eigenvalue weighted by Crippen LogP contribution is 2.44. The van der Waals surface area contributed by atoms with Crippen molar-refractivity contribution in [1.82, 2.24) is 18.9 Å². The summed E-state index contributed by atoms with van der Waals surface area (Å²) in [5, 5.41) is 16.2. The van der Waals surface area contributed by atoms with Crippen molar-refractivity contribution in [3.05, 3.63) is 23.8 Å². The second kappa shape index (κ2) is 6.98. The molecule has 29 heavy (non-hydrogen) atoms. The number of sulfonamides is 1. The highest BCUT2D eigenvalue weighted by Gasteiger charge is 2.60. The Labute approximate surface area is 160 Å². The van der Waals surface area contributed by atoms with Gasteiger partial charge in [-0.05, 0) is 6.42 Å². The van der Waals surface area contributed by atoms with Crippen LogP contribution in [0, 0.1) is 5.82 Å². The van der Waals surface area contributed by atoms with Gasteiger partial charge >= 0.3 is 12.1 Å². The van der Waals surface area contributed by atoms with E-state index in [0.29, 0.717) is 0 Å². The average Bonchev–Trinajstić information content (AvgIpc) is 2.92. The number of β-amino-alcohol motifs (C(OH)–C–C–N with tert-alkyl or cyclic N) is 1. The molecule has 1 aliphatic heterocycles. The molecule has 0 amide bonds. The second-order valence-electron chi connectivity index (χ2n) is 6.56. The van der Waals surface area contributed by atoms with E-state index in [2.05, 4.69) is 15.4 Å². The molecule has 0 spiro atoms. The van der Waals surface area contributed by atoms with Crippen LogP contribution >= 0.6 is 0 Å². The SMILES string of the molecule is CS(=O)(=O)N1CC[C@@H](Nc2ncc3c(F)cc(C(F)(F)C(F)(F)F)n3n2)[C@H](O)C1. The van der Waals surface area contributed by atoms with Crippen LogP contribution in [0.4, 0.5) is 32.3 Å². The van der Waals surface area contributed by atoms with Crippen molar-refractivity contribution >= 4 is 21.5 Å². The Kier molecular flexibility index (Phi) is 5.20. The van der Waals surface area contributed by atoms with Crippen LogP contribution in [0.15, 0.2) is 12.3 Å². The average molecular weight is 447 g/mol. The Morgan fingerprint density at radius 1 is 1.28 bits per heavy atom. The largest absolute Gasteiger partial charge is 0.459 e. The van der Waals surface area contributed by atoms with E-state index in [0.717, 1.165) is 16.8 Å². The Balaban J connectivity index is 1.90. The summed E-state index contributed by atoms with van der Waals surface area (Å²) in [5.41, 5.74) is -2.42. The van der Waals surface area contributed by atoms with E-state index < -0.39 is 57.2 Å². The first kappa shape index (κ1) is 21.6. The number of aliphatic hydroxyl groups excluding tert-OH is 1. The molecule has 0 bridgehead atoms. The number of anilines is 1. The highest BCUT2D eigenvalue weighted by molar-refractivity contribution is 7.88. The molecule has 2 atom stereocenters. The summed E-state index contributed by atoms with van der Waals surface area (Å²) in [4.78, 5) is 3.67. The fourth-order valence-electron chi connectivity index (χ4n) is 2.93. The van der Waals surface area contributed by atoms with Crippen molar-refractivity contribution in [3.63, 3.8) is 0 Å². The van der Waals surface area contributed by atoms with Crippen LogP contribution in [0.5, 0.6) is 0 Å². The summed E-state index contributed by atoms with van der Waals surface area (Å²) in [6.07, 6.45) is -5.43. The molecule has 0 saturated carbocycles. The summed E-state index contributed by atoms with van der Waals surface area (Å²) < 4.78 is 103.